The van der Waals surface area contributed by atoms with E-state index >= 15 is 0 Å². The minimum absolute atomic E-state index is 0.0803. The van der Waals surface area contributed by atoms with Gasteiger partial charge in [-0.1, -0.05) is 19.4 Å². The number of allylic oxidation sites excluding steroid dienone is 3. The molecule has 0 spiro atoms. The van der Waals surface area contributed by atoms with Crippen molar-refractivity contribution >= 4 is 11.9 Å². The summed E-state index contributed by atoms with van der Waals surface area (Å²) in [6.07, 6.45) is 7.95. The van der Waals surface area contributed by atoms with Crippen LogP contribution in [0.15, 0.2) is 33.2 Å². The molecule has 118 valence electrons. The Morgan fingerprint density at radius 3 is 2.57 bits per heavy atom. The molecule has 0 atom stereocenters. The van der Waals surface area contributed by atoms with E-state index in [4.69, 9.17) is 10.5 Å². The molecule has 1 rings (SSSR count). The van der Waals surface area contributed by atoms with Crippen molar-refractivity contribution in [3.63, 3.8) is 0 Å². The minimum atomic E-state index is -0.298. The lowest BCUT2D eigenvalue weighted by atomic mass is 9.78. The third-order valence-electron chi connectivity index (χ3n) is 3.65. The average Bonchev–Trinajstić information content (AvgIpc) is 2.42. The van der Waals surface area contributed by atoms with Crippen LogP contribution in [0, 0.1) is 5.92 Å². The fourth-order valence-electron chi connectivity index (χ4n) is 2.35. The number of aliphatic imine (C=N–C) groups is 2. The van der Waals surface area contributed by atoms with Crippen molar-refractivity contribution in [3.05, 3.63) is 23.2 Å². The van der Waals surface area contributed by atoms with Crippen LogP contribution >= 0.6 is 0 Å². The maximum atomic E-state index is 14.6. The van der Waals surface area contributed by atoms with E-state index in [-0.39, 0.29) is 18.9 Å². The largest absolute Gasteiger partial charge is 0.494 e. The number of hydrogen-bond donors (Lipinski definition) is 1. The van der Waals surface area contributed by atoms with Crippen molar-refractivity contribution in [1.29, 1.82) is 0 Å². The van der Waals surface area contributed by atoms with E-state index < -0.39 is 0 Å². The summed E-state index contributed by atoms with van der Waals surface area (Å²) in [6, 6.07) is 0. The Hall–Kier alpha value is -1.49. The van der Waals surface area contributed by atoms with Gasteiger partial charge < -0.3 is 10.5 Å². The fourth-order valence-corrected chi connectivity index (χ4v) is 2.35. The van der Waals surface area contributed by atoms with Crippen molar-refractivity contribution in [2.45, 2.75) is 39.0 Å². The van der Waals surface area contributed by atoms with Gasteiger partial charge in [0.15, 0.2) is 5.76 Å². The van der Waals surface area contributed by atoms with Gasteiger partial charge in [0.25, 0.3) is 0 Å². The smallest absolute Gasteiger partial charge is 0.153 e. The molecule has 0 aromatic rings. The van der Waals surface area contributed by atoms with E-state index in [1.54, 1.807) is 7.05 Å². The summed E-state index contributed by atoms with van der Waals surface area (Å²) in [5, 5.41) is 0. The van der Waals surface area contributed by atoms with Crippen LogP contribution in [-0.2, 0) is 4.74 Å². The number of hydrogen-bond acceptors (Lipinski definition) is 4. The van der Waals surface area contributed by atoms with Crippen LogP contribution in [0.2, 0.25) is 0 Å². The number of halogens is 1. The van der Waals surface area contributed by atoms with Gasteiger partial charge in [0.2, 0.25) is 0 Å². The lowest BCUT2D eigenvalue weighted by Crippen LogP contribution is -2.17. The summed E-state index contributed by atoms with van der Waals surface area (Å²) in [6.45, 7) is 2.22. The Labute approximate surface area is 126 Å². The molecular weight excluding hydrogens is 269 g/mol. The van der Waals surface area contributed by atoms with Crippen molar-refractivity contribution in [1.82, 2.24) is 0 Å². The number of methoxy groups -OCH3 is 1. The van der Waals surface area contributed by atoms with Crippen molar-refractivity contribution < 1.29 is 9.13 Å². The first-order valence-electron chi connectivity index (χ1n) is 7.46. The monoisotopic (exact) mass is 295 g/mol. The topological polar surface area (TPSA) is 60.0 Å². The molecule has 0 saturated heterocycles. The second-order valence-corrected chi connectivity index (χ2v) is 5.02. The molecule has 0 amide bonds. The number of ether oxygens (including phenoxy) is 1. The maximum Gasteiger partial charge on any atom is 0.153 e. The zero-order valence-corrected chi connectivity index (χ0v) is 13.2. The Morgan fingerprint density at radius 2 is 2.14 bits per heavy atom. The molecule has 0 radical (unpaired) electrons. The SMILES string of the molecule is CC/C=C(\C(OC)=C(\F)CC(/C=N\CN)=N/C)C1CCC1. The average molecular weight is 295 g/mol. The standard InChI is InChI=1S/C16H26FN3O/c1-4-6-14(12-7-5-8-12)16(21-3)15(17)9-13(19-2)10-20-11-18/h6,10,12H,4-5,7-9,11,18H2,1-3H3/b14-6-,16-15-,19-13-,20-10-. The molecule has 1 aliphatic carbocycles. The maximum absolute atomic E-state index is 14.6. The van der Waals surface area contributed by atoms with Gasteiger partial charge in [-0.05, 0) is 30.8 Å². The molecule has 4 nitrogen and oxygen atoms in total. The van der Waals surface area contributed by atoms with Gasteiger partial charge in [0, 0.05) is 19.7 Å². The van der Waals surface area contributed by atoms with Crippen molar-refractivity contribution in [2.75, 3.05) is 20.8 Å². The van der Waals surface area contributed by atoms with Gasteiger partial charge in [-0.25, -0.2) is 4.39 Å². The Morgan fingerprint density at radius 1 is 1.43 bits per heavy atom. The molecule has 0 aromatic heterocycles. The van der Waals surface area contributed by atoms with Crippen LogP contribution in [0.3, 0.4) is 0 Å². The van der Waals surface area contributed by atoms with E-state index in [2.05, 4.69) is 23.0 Å². The lowest BCUT2D eigenvalue weighted by molar-refractivity contribution is 0.257. The molecule has 1 fully saturated rings. The summed E-state index contributed by atoms with van der Waals surface area (Å²) >= 11 is 0. The first-order chi connectivity index (χ1) is 10.2. The van der Waals surface area contributed by atoms with Crippen LogP contribution < -0.4 is 5.73 Å². The summed E-state index contributed by atoms with van der Waals surface area (Å²) in [4.78, 5) is 7.93. The van der Waals surface area contributed by atoms with E-state index in [0.29, 0.717) is 17.4 Å². The molecule has 5 heteroatoms. The van der Waals surface area contributed by atoms with E-state index in [1.807, 2.05) is 0 Å². The summed E-state index contributed by atoms with van der Waals surface area (Å²) in [5.74, 6) is 0.488. The van der Waals surface area contributed by atoms with Crippen LogP contribution in [0.25, 0.3) is 0 Å². The minimum Gasteiger partial charge on any atom is -0.494 e. The Kier molecular flexibility index (Phi) is 7.90. The molecule has 1 saturated carbocycles. The summed E-state index contributed by atoms with van der Waals surface area (Å²) < 4.78 is 19.9. The molecule has 0 bridgehead atoms. The van der Waals surface area contributed by atoms with Gasteiger partial charge >= 0.3 is 0 Å². The number of nitrogens with two attached hydrogens (primary N) is 1. The zero-order valence-electron chi connectivity index (χ0n) is 13.2. The third-order valence-corrected chi connectivity index (χ3v) is 3.65. The van der Waals surface area contributed by atoms with Crippen molar-refractivity contribution in [3.8, 4) is 0 Å². The first kappa shape index (κ1) is 17.6. The second-order valence-electron chi connectivity index (χ2n) is 5.02. The van der Waals surface area contributed by atoms with Crippen LogP contribution in [-0.4, -0.2) is 32.8 Å². The van der Waals surface area contributed by atoms with Crippen molar-refractivity contribution in [2.24, 2.45) is 21.6 Å². The molecule has 0 aromatic carbocycles. The molecule has 0 unspecified atom stereocenters. The molecule has 0 aliphatic heterocycles. The van der Waals surface area contributed by atoms with Gasteiger partial charge in [0.1, 0.15) is 5.83 Å². The lowest BCUT2D eigenvalue weighted by Gasteiger charge is -2.29. The predicted octanol–water partition coefficient (Wildman–Crippen LogP) is 3.40. The highest BCUT2D eigenvalue weighted by Gasteiger charge is 2.27. The van der Waals surface area contributed by atoms with Gasteiger partial charge in [-0.2, -0.15) is 0 Å². The third kappa shape index (κ3) is 5.08. The normalized spacial score (nSPS) is 18.7. The van der Waals surface area contributed by atoms with Gasteiger partial charge in [-0.3, -0.25) is 9.98 Å². The molecule has 21 heavy (non-hydrogen) atoms. The molecule has 2 N–H and O–H groups in total. The molecule has 1 aliphatic rings. The van der Waals surface area contributed by atoms with Crippen LogP contribution in [0.5, 0.6) is 0 Å². The fraction of sp³-hybridized carbons (Fsp3) is 0.625. The Bertz CT molecular complexity index is 448. The first-order valence-corrected chi connectivity index (χ1v) is 7.46. The molecule has 0 heterocycles. The van der Waals surface area contributed by atoms with Gasteiger partial charge in [0.05, 0.1) is 19.5 Å². The quantitative estimate of drug-likeness (QED) is 0.424. The van der Waals surface area contributed by atoms with Crippen LogP contribution in [0.1, 0.15) is 39.0 Å². The predicted molar refractivity (Wildman–Crippen MR) is 86.4 cm³/mol. The highest BCUT2D eigenvalue weighted by molar-refractivity contribution is 6.31. The summed E-state index contributed by atoms with van der Waals surface area (Å²) in [5.41, 5.74) is 6.86. The van der Waals surface area contributed by atoms with Gasteiger partial charge in [-0.15, -0.1) is 0 Å². The number of rotatable bonds is 8. The highest BCUT2D eigenvalue weighted by atomic mass is 19.1. The van der Waals surface area contributed by atoms with E-state index in [9.17, 15) is 4.39 Å². The highest BCUT2D eigenvalue weighted by Crippen LogP contribution is 2.38. The van der Waals surface area contributed by atoms with E-state index in [0.717, 1.165) is 24.8 Å². The van der Waals surface area contributed by atoms with Crippen LogP contribution in [0.4, 0.5) is 4.39 Å². The zero-order chi connectivity index (χ0) is 15.7. The second kappa shape index (κ2) is 9.45. The molecular formula is C16H26FN3O. The summed E-state index contributed by atoms with van der Waals surface area (Å²) in [7, 11) is 3.14. The number of nitrogens with zero attached hydrogens (tertiary/aromatic N) is 2. The Balaban J connectivity index is 2.96. The van der Waals surface area contributed by atoms with E-state index in [1.165, 1.54) is 19.7 Å².